The van der Waals surface area contributed by atoms with Crippen LogP contribution < -0.4 is 5.32 Å². The van der Waals surface area contributed by atoms with E-state index in [1.54, 1.807) is 18.2 Å². The van der Waals surface area contributed by atoms with E-state index in [1.807, 2.05) is 6.92 Å². The van der Waals surface area contributed by atoms with E-state index in [2.05, 4.69) is 17.2 Å². The summed E-state index contributed by atoms with van der Waals surface area (Å²) in [7, 11) is 0. The second-order valence-corrected chi connectivity index (χ2v) is 6.14. The summed E-state index contributed by atoms with van der Waals surface area (Å²) in [4.78, 5) is 12.5. The molecule has 21 heavy (non-hydrogen) atoms. The zero-order valence-corrected chi connectivity index (χ0v) is 13.0. The second-order valence-electron chi connectivity index (χ2n) is 5.73. The molecule has 1 aliphatic rings. The average Bonchev–Trinajstić information content (AvgIpc) is 2.48. The average molecular weight is 306 g/mol. The summed E-state index contributed by atoms with van der Waals surface area (Å²) in [6, 6.07) is 5.22. The molecule has 1 amide bonds. The number of carbonyl (C=O) groups excluding carboxylic acids is 1. The van der Waals surface area contributed by atoms with Gasteiger partial charge in [0.25, 0.3) is 0 Å². The van der Waals surface area contributed by atoms with Crippen molar-refractivity contribution in [1.82, 2.24) is 0 Å². The van der Waals surface area contributed by atoms with Gasteiger partial charge in [0.2, 0.25) is 5.91 Å². The van der Waals surface area contributed by atoms with Gasteiger partial charge in [0.1, 0.15) is 6.61 Å². The van der Waals surface area contributed by atoms with Gasteiger partial charge in [0.15, 0.2) is 0 Å². The smallest absolute Gasteiger partial charge is 0.230 e. The molecule has 0 spiro atoms. The first-order valence-electron chi connectivity index (χ1n) is 7.26. The summed E-state index contributed by atoms with van der Waals surface area (Å²) in [5, 5.41) is 12.2. The van der Waals surface area contributed by atoms with Crippen LogP contribution in [0.5, 0.6) is 0 Å². The van der Waals surface area contributed by atoms with E-state index in [0.29, 0.717) is 10.7 Å². The van der Waals surface area contributed by atoms with Crippen molar-refractivity contribution in [3.05, 3.63) is 28.8 Å². The highest BCUT2D eigenvalue weighted by Gasteiger charge is 2.34. The molecule has 0 radical (unpaired) electrons. The molecule has 0 atom stereocenters. The molecule has 0 aliphatic heterocycles. The van der Waals surface area contributed by atoms with E-state index in [0.717, 1.165) is 31.2 Å². The van der Waals surface area contributed by atoms with Crippen LogP contribution in [0, 0.1) is 17.3 Å². The fourth-order valence-electron chi connectivity index (χ4n) is 2.67. The molecule has 1 aliphatic carbocycles. The minimum atomic E-state index is -0.311. The van der Waals surface area contributed by atoms with Crippen molar-refractivity contribution in [2.24, 2.45) is 5.41 Å². The molecule has 1 aromatic carbocycles. The lowest BCUT2D eigenvalue weighted by Crippen LogP contribution is -2.35. The molecule has 2 rings (SSSR count). The first kappa shape index (κ1) is 15.9. The van der Waals surface area contributed by atoms with E-state index in [-0.39, 0.29) is 17.9 Å². The van der Waals surface area contributed by atoms with Crippen molar-refractivity contribution in [2.45, 2.75) is 39.0 Å². The van der Waals surface area contributed by atoms with Crippen molar-refractivity contribution in [3.8, 4) is 11.8 Å². The number of aliphatic hydroxyl groups excluding tert-OH is 1. The molecule has 0 saturated heterocycles. The van der Waals surface area contributed by atoms with Gasteiger partial charge in [0, 0.05) is 11.0 Å². The summed E-state index contributed by atoms with van der Waals surface area (Å²) in [6.07, 6.45) is 5.23. The van der Waals surface area contributed by atoms with Crippen molar-refractivity contribution >= 4 is 23.2 Å². The number of hydrogen-bond acceptors (Lipinski definition) is 2. The lowest BCUT2D eigenvalue weighted by molar-refractivity contribution is -0.126. The Bertz CT molecular complexity index is 580. The molecule has 3 nitrogen and oxygen atoms in total. The molecule has 0 bridgehead atoms. The molecule has 1 fully saturated rings. The molecular formula is C17H20ClNO2. The maximum atomic E-state index is 12.5. The van der Waals surface area contributed by atoms with Gasteiger partial charge >= 0.3 is 0 Å². The summed E-state index contributed by atoms with van der Waals surface area (Å²) in [5.41, 5.74) is 0.990. The maximum absolute atomic E-state index is 12.5. The van der Waals surface area contributed by atoms with Crippen LogP contribution in [0.25, 0.3) is 0 Å². The largest absolute Gasteiger partial charge is 0.384 e. The van der Waals surface area contributed by atoms with Crippen molar-refractivity contribution in [1.29, 1.82) is 0 Å². The molecule has 2 N–H and O–H groups in total. The fourth-order valence-corrected chi connectivity index (χ4v) is 2.84. The molecule has 0 heterocycles. The van der Waals surface area contributed by atoms with Crippen LogP contribution in [0.1, 0.15) is 44.6 Å². The quantitative estimate of drug-likeness (QED) is 0.820. The highest BCUT2D eigenvalue weighted by molar-refractivity contribution is 6.33. The highest BCUT2D eigenvalue weighted by Crippen LogP contribution is 2.37. The zero-order valence-electron chi connectivity index (χ0n) is 12.2. The molecule has 112 valence electrons. The number of hydrogen-bond donors (Lipinski definition) is 2. The van der Waals surface area contributed by atoms with Gasteiger partial charge in [-0.2, -0.15) is 0 Å². The Hall–Kier alpha value is -1.50. The van der Waals surface area contributed by atoms with Crippen LogP contribution in [-0.2, 0) is 4.79 Å². The van der Waals surface area contributed by atoms with Gasteiger partial charge in [-0.15, -0.1) is 0 Å². The minimum Gasteiger partial charge on any atom is -0.384 e. The number of amides is 1. The molecule has 1 aromatic rings. The van der Waals surface area contributed by atoms with E-state index >= 15 is 0 Å². The molecule has 4 heteroatoms. The standard InChI is InChI=1S/C17H20ClNO2/c1-17(9-3-2-4-10-17)16(21)19-15-12-13(6-5-11-20)7-8-14(15)18/h7-8,12,20H,2-4,9-11H2,1H3,(H,19,21). The minimum absolute atomic E-state index is 0.0244. The van der Waals surface area contributed by atoms with Crippen LogP contribution in [0.2, 0.25) is 5.02 Å². The first-order chi connectivity index (χ1) is 10.0. The van der Waals surface area contributed by atoms with Crippen LogP contribution in [-0.4, -0.2) is 17.6 Å². The Morgan fingerprint density at radius 1 is 1.38 bits per heavy atom. The number of nitrogens with one attached hydrogen (secondary N) is 1. The Labute approximate surface area is 130 Å². The number of carbonyl (C=O) groups is 1. The molecule has 0 unspecified atom stereocenters. The van der Waals surface area contributed by atoms with Crippen molar-refractivity contribution < 1.29 is 9.90 Å². The number of anilines is 1. The Kier molecular flexibility index (Phi) is 5.27. The molecule has 0 aromatic heterocycles. The van der Waals surface area contributed by atoms with E-state index in [1.165, 1.54) is 6.42 Å². The van der Waals surface area contributed by atoms with Crippen LogP contribution in [0.4, 0.5) is 5.69 Å². The fraction of sp³-hybridized carbons (Fsp3) is 0.471. The third kappa shape index (κ3) is 4.00. The summed E-state index contributed by atoms with van der Waals surface area (Å²) >= 11 is 6.15. The first-order valence-corrected chi connectivity index (χ1v) is 7.64. The third-order valence-electron chi connectivity index (χ3n) is 4.03. The van der Waals surface area contributed by atoms with Crippen LogP contribution in [0.15, 0.2) is 18.2 Å². The predicted octanol–water partition coefficient (Wildman–Crippen LogP) is 3.59. The normalized spacial score (nSPS) is 16.7. The molecular weight excluding hydrogens is 286 g/mol. The predicted molar refractivity (Wildman–Crippen MR) is 85.2 cm³/mol. The number of benzene rings is 1. The SMILES string of the molecule is CC1(C(=O)Nc2cc(C#CCO)ccc2Cl)CCCCC1. The summed E-state index contributed by atoms with van der Waals surface area (Å²) < 4.78 is 0. The number of rotatable bonds is 2. The third-order valence-corrected chi connectivity index (χ3v) is 4.36. The van der Waals surface area contributed by atoms with Crippen molar-refractivity contribution in [2.75, 3.05) is 11.9 Å². The van der Waals surface area contributed by atoms with E-state index in [4.69, 9.17) is 16.7 Å². The summed E-state index contributed by atoms with van der Waals surface area (Å²) in [5.74, 6) is 5.42. The lowest BCUT2D eigenvalue weighted by atomic mass is 9.75. The van der Waals surface area contributed by atoms with Crippen LogP contribution >= 0.6 is 11.6 Å². The van der Waals surface area contributed by atoms with Gasteiger partial charge in [0.05, 0.1) is 10.7 Å². The Morgan fingerprint density at radius 2 is 2.10 bits per heavy atom. The van der Waals surface area contributed by atoms with E-state index in [9.17, 15) is 4.79 Å². The lowest BCUT2D eigenvalue weighted by Gasteiger charge is -2.32. The highest BCUT2D eigenvalue weighted by atomic mass is 35.5. The number of aliphatic hydroxyl groups is 1. The maximum Gasteiger partial charge on any atom is 0.230 e. The van der Waals surface area contributed by atoms with Gasteiger partial charge in [-0.25, -0.2) is 0 Å². The topological polar surface area (TPSA) is 49.3 Å². The molecule has 1 saturated carbocycles. The zero-order chi connectivity index (χ0) is 15.3. The van der Waals surface area contributed by atoms with Crippen molar-refractivity contribution in [3.63, 3.8) is 0 Å². The Morgan fingerprint density at radius 3 is 2.76 bits per heavy atom. The van der Waals surface area contributed by atoms with Gasteiger partial charge < -0.3 is 10.4 Å². The second kappa shape index (κ2) is 6.98. The van der Waals surface area contributed by atoms with E-state index < -0.39 is 0 Å². The number of halogens is 1. The monoisotopic (exact) mass is 305 g/mol. The van der Waals surface area contributed by atoms with Crippen LogP contribution in [0.3, 0.4) is 0 Å². The van der Waals surface area contributed by atoms with Gasteiger partial charge in [-0.05, 0) is 31.0 Å². The van der Waals surface area contributed by atoms with Gasteiger partial charge in [-0.3, -0.25) is 4.79 Å². The summed E-state index contributed by atoms with van der Waals surface area (Å²) in [6.45, 7) is 1.83. The Balaban J connectivity index is 2.16. The van der Waals surface area contributed by atoms with Gasteiger partial charge in [-0.1, -0.05) is 49.6 Å².